The molecule has 0 radical (unpaired) electrons. The fourth-order valence-corrected chi connectivity index (χ4v) is 3.25. The number of halogens is 1. The predicted molar refractivity (Wildman–Crippen MR) is 64.3 cm³/mol. The molecule has 1 saturated carbocycles. The highest BCUT2D eigenvalue weighted by molar-refractivity contribution is 9.09. The largest absolute Gasteiger partial charge is 0.353 e. The zero-order valence-corrected chi connectivity index (χ0v) is 10.9. The maximum atomic E-state index is 6.20. The maximum absolute atomic E-state index is 6.20. The topological polar surface area (TPSA) is 18.5 Å². The third-order valence-electron chi connectivity index (χ3n) is 3.53. The van der Waals surface area contributed by atoms with Crippen LogP contribution in [-0.2, 0) is 9.47 Å². The van der Waals surface area contributed by atoms with Crippen molar-refractivity contribution in [3.63, 3.8) is 0 Å². The Kier molecular flexibility index (Phi) is 4.47. The Morgan fingerprint density at radius 3 is 2.53 bits per heavy atom. The lowest BCUT2D eigenvalue weighted by atomic mass is 9.86. The Morgan fingerprint density at radius 1 is 1.13 bits per heavy atom. The molecule has 1 saturated heterocycles. The summed E-state index contributed by atoms with van der Waals surface area (Å²) in [6, 6.07) is 0. The summed E-state index contributed by atoms with van der Waals surface area (Å²) >= 11 is 3.61. The maximum Gasteiger partial charge on any atom is 0.158 e. The molecule has 0 aromatic rings. The molecule has 1 aliphatic heterocycles. The molecule has 2 rings (SSSR count). The molecular weight excluding hydrogens is 256 g/mol. The Bertz CT molecular complexity index is 184. The van der Waals surface area contributed by atoms with Gasteiger partial charge in [0.15, 0.2) is 6.29 Å². The highest BCUT2D eigenvalue weighted by Crippen LogP contribution is 2.35. The van der Waals surface area contributed by atoms with Gasteiger partial charge in [0.25, 0.3) is 0 Å². The molecule has 2 fully saturated rings. The SMILES string of the molecule is BrCC1(OC2CCCCO2)CCCCC1. The second-order valence-electron chi connectivity index (χ2n) is 4.79. The summed E-state index contributed by atoms with van der Waals surface area (Å²) in [5.74, 6) is 0. The van der Waals surface area contributed by atoms with E-state index in [1.807, 2.05) is 0 Å². The average Bonchev–Trinajstić information content (AvgIpc) is 2.32. The summed E-state index contributed by atoms with van der Waals surface area (Å²) < 4.78 is 11.9. The third kappa shape index (κ3) is 3.18. The second-order valence-corrected chi connectivity index (χ2v) is 5.35. The normalized spacial score (nSPS) is 31.4. The van der Waals surface area contributed by atoms with Gasteiger partial charge < -0.3 is 9.47 Å². The molecule has 2 aliphatic rings. The minimum Gasteiger partial charge on any atom is -0.353 e. The summed E-state index contributed by atoms with van der Waals surface area (Å²) in [6.07, 6.45) is 9.95. The fraction of sp³-hybridized carbons (Fsp3) is 1.00. The number of rotatable bonds is 3. The van der Waals surface area contributed by atoms with Crippen molar-refractivity contribution >= 4 is 15.9 Å². The molecule has 3 heteroatoms. The molecule has 0 aromatic heterocycles. The summed E-state index contributed by atoms with van der Waals surface area (Å²) in [6.45, 7) is 0.878. The van der Waals surface area contributed by atoms with E-state index in [4.69, 9.17) is 9.47 Å². The van der Waals surface area contributed by atoms with E-state index in [0.29, 0.717) is 0 Å². The van der Waals surface area contributed by atoms with E-state index < -0.39 is 0 Å². The lowest BCUT2D eigenvalue weighted by Crippen LogP contribution is -2.42. The highest BCUT2D eigenvalue weighted by atomic mass is 79.9. The number of hydrogen-bond acceptors (Lipinski definition) is 2. The summed E-state index contributed by atoms with van der Waals surface area (Å²) in [7, 11) is 0. The van der Waals surface area contributed by atoms with Crippen LogP contribution in [0.1, 0.15) is 51.4 Å². The van der Waals surface area contributed by atoms with Gasteiger partial charge in [-0.25, -0.2) is 0 Å². The molecule has 0 N–H and O–H groups in total. The van der Waals surface area contributed by atoms with Gasteiger partial charge in [-0.05, 0) is 32.1 Å². The van der Waals surface area contributed by atoms with Crippen LogP contribution >= 0.6 is 15.9 Å². The number of ether oxygens (including phenoxy) is 2. The van der Waals surface area contributed by atoms with Crippen LogP contribution in [0.5, 0.6) is 0 Å². The van der Waals surface area contributed by atoms with E-state index in [2.05, 4.69) is 15.9 Å². The summed E-state index contributed by atoms with van der Waals surface area (Å²) in [4.78, 5) is 0. The minimum atomic E-state index is 0.0643. The van der Waals surface area contributed by atoms with Crippen molar-refractivity contribution in [1.29, 1.82) is 0 Å². The lowest BCUT2D eigenvalue weighted by molar-refractivity contribution is -0.225. The Balaban J connectivity index is 1.87. The van der Waals surface area contributed by atoms with Gasteiger partial charge in [0.1, 0.15) is 0 Å². The molecule has 1 heterocycles. The Morgan fingerprint density at radius 2 is 1.93 bits per heavy atom. The standard InChI is InChI=1S/C12H21BrO2/c13-10-12(7-3-1-4-8-12)15-11-6-2-5-9-14-11/h11H,1-10H2. The molecule has 1 aliphatic carbocycles. The van der Waals surface area contributed by atoms with Gasteiger partial charge in [-0.3, -0.25) is 0 Å². The molecule has 2 nitrogen and oxygen atoms in total. The molecule has 1 atom stereocenters. The van der Waals surface area contributed by atoms with Crippen LogP contribution in [-0.4, -0.2) is 23.8 Å². The van der Waals surface area contributed by atoms with Gasteiger partial charge >= 0.3 is 0 Å². The van der Waals surface area contributed by atoms with Crippen molar-refractivity contribution in [2.45, 2.75) is 63.3 Å². The molecule has 0 bridgehead atoms. The predicted octanol–water partition coefficient (Wildman–Crippen LogP) is 3.63. The molecule has 0 amide bonds. The van der Waals surface area contributed by atoms with Crippen LogP contribution in [0.3, 0.4) is 0 Å². The van der Waals surface area contributed by atoms with Crippen molar-refractivity contribution < 1.29 is 9.47 Å². The van der Waals surface area contributed by atoms with E-state index in [1.165, 1.54) is 44.9 Å². The summed E-state index contributed by atoms with van der Waals surface area (Å²) in [5, 5.41) is 0.958. The van der Waals surface area contributed by atoms with Gasteiger partial charge in [-0.15, -0.1) is 0 Å². The lowest BCUT2D eigenvalue weighted by Gasteiger charge is -2.39. The Hall–Kier alpha value is 0.400. The van der Waals surface area contributed by atoms with Gasteiger partial charge in [0.2, 0.25) is 0 Å². The Labute approximate surface area is 101 Å². The average molecular weight is 277 g/mol. The number of hydrogen-bond donors (Lipinski definition) is 0. The first-order chi connectivity index (χ1) is 7.35. The van der Waals surface area contributed by atoms with E-state index in [-0.39, 0.29) is 11.9 Å². The van der Waals surface area contributed by atoms with Crippen LogP contribution in [0, 0.1) is 0 Å². The van der Waals surface area contributed by atoms with Crippen LogP contribution in [0.25, 0.3) is 0 Å². The van der Waals surface area contributed by atoms with Gasteiger partial charge in [-0.2, -0.15) is 0 Å². The van der Waals surface area contributed by atoms with Crippen molar-refractivity contribution in [1.82, 2.24) is 0 Å². The van der Waals surface area contributed by atoms with E-state index >= 15 is 0 Å². The summed E-state index contributed by atoms with van der Waals surface area (Å²) in [5.41, 5.74) is 0.0697. The first-order valence-corrected chi connectivity index (χ1v) is 7.32. The molecule has 0 aromatic carbocycles. The smallest absolute Gasteiger partial charge is 0.158 e. The van der Waals surface area contributed by atoms with E-state index in [9.17, 15) is 0 Å². The highest BCUT2D eigenvalue weighted by Gasteiger charge is 2.35. The van der Waals surface area contributed by atoms with Crippen LogP contribution in [0.15, 0.2) is 0 Å². The van der Waals surface area contributed by atoms with Gasteiger partial charge in [-0.1, -0.05) is 35.2 Å². The molecule has 0 spiro atoms. The third-order valence-corrected chi connectivity index (χ3v) is 4.55. The van der Waals surface area contributed by atoms with Crippen molar-refractivity contribution in [2.24, 2.45) is 0 Å². The fourth-order valence-electron chi connectivity index (χ4n) is 2.56. The first-order valence-electron chi connectivity index (χ1n) is 6.20. The zero-order valence-electron chi connectivity index (χ0n) is 9.34. The molecule has 1 unspecified atom stereocenters. The zero-order chi connectivity index (χ0) is 10.6. The van der Waals surface area contributed by atoms with E-state index in [0.717, 1.165) is 18.4 Å². The van der Waals surface area contributed by atoms with Crippen LogP contribution in [0.4, 0.5) is 0 Å². The van der Waals surface area contributed by atoms with Gasteiger partial charge in [0.05, 0.1) is 5.60 Å². The monoisotopic (exact) mass is 276 g/mol. The van der Waals surface area contributed by atoms with Crippen LogP contribution in [0.2, 0.25) is 0 Å². The van der Waals surface area contributed by atoms with Crippen molar-refractivity contribution in [3.8, 4) is 0 Å². The molecule has 15 heavy (non-hydrogen) atoms. The number of alkyl halides is 1. The minimum absolute atomic E-state index is 0.0643. The second kappa shape index (κ2) is 5.65. The molecule has 88 valence electrons. The molecular formula is C12H21BrO2. The van der Waals surface area contributed by atoms with E-state index in [1.54, 1.807) is 0 Å². The van der Waals surface area contributed by atoms with Gasteiger partial charge in [0, 0.05) is 11.9 Å². The van der Waals surface area contributed by atoms with Crippen molar-refractivity contribution in [3.05, 3.63) is 0 Å². The van der Waals surface area contributed by atoms with Crippen LogP contribution < -0.4 is 0 Å². The van der Waals surface area contributed by atoms with Crippen molar-refractivity contribution in [2.75, 3.05) is 11.9 Å². The first kappa shape index (κ1) is 11.9. The quantitative estimate of drug-likeness (QED) is 0.733.